The van der Waals surface area contributed by atoms with Gasteiger partial charge in [0.05, 0.1) is 30.5 Å². The number of anilines is 1. The molecule has 0 unspecified atom stereocenters. The van der Waals surface area contributed by atoms with Crippen LogP contribution in [0.1, 0.15) is 22.8 Å². The largest absolute Gasteiger partial charge is 0.496 e. The summed E-state index contributed by atoms with van der Waals surface area (Å²) in [4.78, 5) is 27.7. The van der Waals surface area contributed by atoms with Crippen LogP contribution >= 0.6 is 11.3 Å². The van der Waals surface area contributed by atoms with Gasteiger partial charge in [0.1, 0.15) is 11.3 Å². The highest BCUT2D eigenvalue weighted by Crippen LogP contribution is 2.30. The van der Waals surface area contributed by atoms with Crippen molar-refractivity contribution in [2.75, 3.05) is 19.1 Å². The zero-order chi connectivity index (χ0) is 26.2. The Balaban J connectivity index is 1.45. The maximum absolute atomic E-state index is 12.7. The van der Waals surface area contributed by atoms with Gasteiger partial charge in [0.2, 0.25) is 5.13 Å². The molecule has 0 fully saturated rings. The van der Waals surface area contributed by atoms with Gasteiger partial charge < -0.3 is 14.2 Å². The number of thiazole rings is 1. The first-order valence-electron chi connectivity index (χ1n) is 11.1. The number of esters is 1. The second-order valence-corrected chi connectivity index (χ2v) is 8.30. The molecule has 0 aliphatic heterocycles. The SMILES string of the molecule is CCOc1cc(C=NNc2nc(-c3cccc([N+](=O)[O-])c3)cs2)ccc1OC(=O)c1ccccc1OC. The molecule has 0 aliphatic carbocycles. The van der Waals surface area contributed by atoms with E-state index in [2.05, 4.69) is 15.5 Å². The molecule has 0 aliphatic rings. The molecule has 0 saturated heterocycles. The predicted molar refractivity (Wildman–Crippen MR) is 141 cm³/mol. The van der Waals surface area contributed by atoms with Gasteiger partial charge in [-0.15, -0.1) is 11.3 Å². The highest BCUT2D eigenvalue weighted by Gasteiger charge is 2.17. The Morgan fingerprint density at radius 3 is 2.73 bits per heavy atom. The number of ether oxygens (including phenoxy) is 3. The van der Waals surface area contributed by atoms with Crippen LogP contribution in [0, 0.1) is 10.1 Å². The van der Waals surface area contributed by atoms with E-state index in [1.165, 1.54) is 30.6 Å². The minimum atomic E-state index is -0.565. The smallest absolute Gasteiger partial charge is 0.347 e. The standard InChI is InChI=1S/C26H22N4O6S/c1-3-35-24-13-17(11-12-23(24)36-25(31)20-9-4-5-10-22(20)34-2)15-27-29-26-28-21(16-37-26)18-7-6-8-19(14-18)30(32)33/h4-16H,3H2,1-2H3,(H,28,29). The lowest BCUT2D eigenvalue weighted by Gasteiger charge is -2.12. The fourth-order valence-electron chi connectivity index (χ4n) is 3.32. The summed E-state index contributed by atoms with van der Waals surface area (Å²) in [5.74, 6) is 0.502. The van der Waals surface area contributed by atoms with Crippen LogP contribution in [0.4, 0.5) is 10.8 Å². The number of nitrogens with one attached hydrogen (secondary N) is 1. The molecule has 11 heteroatoms. The molecule has 10 nitrogen and oxygen atoms in total. The van der Waals surface area contributed by atoms with Gasteiger partial charge in [0, 0.05) is 23.1 Å². The number of carbonyl (C=O) groups excluding carboxylic acids is 1. The Morgan fingerprint density at radius 1 is 1.11 bits per heavy atom. The molecule has 37 heavy (non-hydrogen) atoms. The van der Waals surface area contributed by atoms with Gasteiger partial charge in [0.15, 0.2) is 11.5 Å². The average Bonchev–Trinajstić information content (AvgIpc) is 3.39. The van der Waals surface area contributed by atoms with Crippen molar-refractivity contribution in [3.8, 4) is 28.5 Å². The summed E-state index contributed by atoms with van der Waals surface area (Å²) in [5.41, 5.74) is 5.10. The van der Waals surface area contributed by atoms with Crippen molar-refractivity contribution in [3.63, 3.8) is 0 Å². The maximum atomic E-state index is 12.7. The van der Waals surface area contributed by atoms with Crippen molar-refractivity contribution < 1.29 is 23.9 Å². The van der Waals surface area contributed by atoms with Crippen LogP contribution in [-0.4, -0.2) is 35.8 Å². The second-order valence-electron chi connectivity index (χ2n) is 7.44. The van der Waals surface area contributed by atoms with E-state index < -0.39 is 10.9 Å². The number of rotatable bonds is 10. The van der Waals surface area contributed by atoms with Crippen molar-refractivity contribution in [1.29, 1.82) is 0 Å². The number of benzene rings is 3. The van der Waals surface area contributed by atoms with Crippen molar-refractivity contribution in [1.82, 2.24) is 4.98 Å². The number of nitrogens with zero attached hydrogens (tertiary/aromatic N) is 3. The monoisotopic (exact) mass is 518 g/mol. The van der Waals surface area contributed by atoms with E-state index in [4.69, 9.17) is 14.2 Å². The Morgan fingerprint density at radius 2 is 1.95 bits per heavy atom. The number of hydrazone groups is 1. The van der Waals surface area contributed by atoms with Crippen molar-refractivity contribution in [3.05, 3.63) is 93.4 Å². The van der Waals surface area contributed by atoms with Crippen molar-refractivity contribution >= 4 is 34.3 Å². The summed E-state index contributed by atoms with van der Waals surface area (Å²) in [6, 6.07) is 18.1. The number of carbonyl (C=O) groups is 1. The summed E-state index contributed by atoms with van der Waals surface area (Å²) >= 11 is 1.32. The Hall–Kier alpha value is -4.77. The third-order valence-corrected chi connectivity index (χ3v) is 5.77. The van der Waals surface area contributed by atoms with E-state index in [1.807, 2.05) is 6.92 Å². The summed E-state index contributed by atoms with van der Waals surface area (Å²) in [6.45, 7) is 2.20. The van der Waals surface area contributed by atoms with Crippen LogP contribution < -0.4 is 19.6 Å². The van der Waals surface area contributed by atoms with E-state index >= 15 is 0 Å². The maximum Gasteiger partial charge on any atom is 0.347 e. The minimum absolute atomic E-state index is 0.000152. The lowest BCUT2D eigenvalue weighted by Crippen LogP contribution is -2.11. The highest BCUT2D eigenvalue weighted by molar-refractivity contribution is 7.14. The van der Waals surface area contributed by atoms with Gasteiger partial charge in [0.25, 0.3) is 5.69 Å². The average molecular weight is 519 g/mol. The predicted octanol–water partition coefficient (Wildman–Crippen LogP) is 5.79. The molecule has 188 valence electrons. The molecule has 0 saturated carbocycles. The quantitative estimate of drug-likeness (QED) is 0.0919. The Kier molecular flexibility index (Phi) is 8.06. The molecule has 1 N–H and O–H groups in total. The normalized spacial score (nSPS) is 10.8. The molecule has 0 atom stereocenters. The number of hydrogen-bond donors (Lipinski definition) is 1. The molecule has 0 bridgehead atoms. The fraction of sp³-hybridized carbons (Fsp3) is 0.115. The molecule has 0 radical (unpaired) electrons. The highest BCUT2D eigenvalue weighted by atomic mass is 32.1. The van der Waals surface area contributed by atoms with E-state index in [1.54, 1.807) is 66.2 Å². The van der Waals surface area contributed by atoms with Gasteiger partial charge in [-0.3, -0.25) is 15.5 Å². The van der Waals surface area contributed by atoms with Crippen LogP contribution in [0.3, 0.4) is 0 Å². The number of nitro groups is 1. The molecular formula is C26H22N4O6S. The lowest BCUT2D eigenvalue weighted by molar-refractivity contribution is -0.384. The van der Waals surface area contributed by atoms with E-state index in [0.717, 1.165) is 0 Å². The zero-order valence-corrected chi connectivity index (χ0v) is 20.7. The molecule has 0 amide bonds. The van der Waals surface area contributed by atoms with Crippen LogP contribution in [0.15, 0.2) is 77.2 Å². The Labute approximate surface area is 216 Å². The summed E-state index contributed by atoms with van der Waals surface area (Å²) in [5, 5.41) is 17.5. The number of nitro benzene ring substituents is 1. The first-order valence-corrected chi connectivity index (χ1v) is 12.0. The lowest BCUT2D eigenvalue weighted by atomic mass is 10.1. The van der Waals surface area contributed by atoms with Crippen LogP contribution in [0.5, 0.6) is 17.2 Å². The van der Waals surface area contributed by atoms with E-state index in [-0.39, 0.29) is 11.4 Å². The number of aromatic nitrogens is 1. The first-order chi connectivity index (χ1) is 18.0. The van der Waals surface area contributed by atoms with Crippen molar-refractivity contribution in [2.45, 2.75) is 6.92 Å². The molecule has 1 aromatic heterocycles. The van der Waals surface area contributed by atoms with Crippen LogP contribution in [0.2, 0.25) is 0 Å². The van der Waals surface area contributed by atoms with E-state index in [9.17, 15) is 14.9 Å². The molecule has 4 rings (SSSR count). The number of hydrogen-bond acceptors (Lipinski definition) is 10. The Bertz CT molecular complexity index is 1450. The topological polar surface area (TPSA) is 125 Å². The number of para-hydroxylation sites is 1. The number of methoxy groups -OCH3 is 1. The number of non-ortho nitro benzene ring substituents is 1. The molecule has 0 spiro atoms. The fourth-order valence-corrected chi connectivity index (χ4v) is 3.99. The van der Waals surface area contributed by atoms with Crippen LogP contribution in [-0.2, 0) is 0 Å². The summed E-state index contributed by atoms with van der Waals surface area (Å²) in [6.07, 6.45) is 1.57. The molecule has 4 aromatic rings. The summed E-state index contributed by atoms with van der Waals surface area (Å²) in [7, 11) is 1.49. The first kappa shape index (κ1) is 25.3. The summed E-state index contributed by atoms with van der Waals surface area (Å²) < 4.78 is 16.5. The van der Waals surface area contributed by atoms with Crippen LogP contribution in [0.25, 0.3) is 11.3 Å². The van der Waals surface area contributed by atoms with Gasteiger partial charge in [-0.25, -0.2) is 9.78 Å². The van der Waals surface area contributed by atoms with Gasteiger partial charge >= 0.3 is 5.97 Å². The van der Waals surface area contributed by atoms with Gasteiger partial charge in [-0.2, -0.15) is 5.10 Å². The molecule has 3 aromatic carbocycles. The molecule has 1 heterocycles. The minimum Gasteiger partial charge on any atom is -0.496 e. The van der Waals surface area contributed by atoms with Crippen molar-refractivity contribution in [2.24, 2.45) is 5.10 Å². The zero-order valence-electron chi connectivity index (χ0n) is 19.9. The third kappa shape index (κ3) is 6.27. The second kappa shape index (κ2) is 11.8. The molecular weight excluding hydrogens is 496 g/mol. The van der Waals surface area contributed by atoms with Gasteiger partial charge in [-0.1, -0.05) is 24.3 Å². The third-order valence-electron chi connectivity index (χ3n) is 5.03. The van der Waals surface area contributed by atoms with Gasteiger partial charge in [-0.05, 0) is 42.8 Å². The van der Waals surface area contributed by atoms with E-state index in [0.29, 0.717) is 45.6 Å².